The van der Waals surface area contributed by atoms with E-state index >= 15 is 0 Å². The summed E-state index contributed by atoms with van der Waals surface area (Å²) in [5.74, 6) is -0.341. The van der Waals surface area contributed by atoms with E-state index in [0.717, 1.165) is 16.8 Å². The fourth-order valence-corrected chi connectivity index (χ4v) is 2.13. The molecule has 0 fully saturated rings. The number of rotatable bonds is 6. The van der Waals surface area contributed by atoms with E-state index in [4.69, 9.17) is 0 Å². The average Bonchev–Trinajstić information content (AvgIpc) is 2.60. The van der Waals surface area contributed by atoms with E-state index in [2.05, 4.69) is 16.0 Å². The van der Waals surface area contributed by atoms with E-state index < -0.39 is 6.04 Å². The van der Waals surface area contributed by atoms with E-state index in [9.17, 15) is 9.59 Å². The predicted molar refractivity (Wildman–Crippen MR) is 92.0 cm³/mol. The molecule has 0 bridgehead atoms. The van der Waals surface area contributed by atoms with Crippen molar-refractivity contribution in [2.45, 2.75) is 13.0 Å². The molecule has 120 valence electrons. The first-order valence-electron chi connectivity index (χ1n) is 7.51. The van der Waals surface area contributed by atoms with Gasteiger partial charge in [-0.25, -0.2) is 0 Å². The topological polar surface area (TPSA) is 70.2 Å². The molecule has 0 saturated heterocycles. The predicted octanol–water partition coefficient (Wildman–Crippen LogP) is 2.02. The highest BCUT2D eigenvalue weighted by Gasteiger charge is 2.15. The van der Waals surface area contributed by atoms with Gasteiger partial charge < -0.3 is 10.6 Å². The van der Waals surface area contributed by atoms with Gasteiger partial charge in [-0.1, -0.05) is 48.5 Å². The van der Waals surface area contributed by atoms with Crippen molar-refractivity contribution in [3.63, 3.8) is 0 Å². The van der Waals surface area contributed by atoms with Gasteiger partial charge in [0.25, 0.3) is 0 Å². The first kappa shape index (κ1) is 16.7. The lowest BCUT2D eigenvalue weighted by Crippen LogP contribution is -2.43. The van der Waals surface area contributed by atoms with Crippen LogP contribution in [0.3, 0.4) is 0 Å². The minimum atomic E-state index is -0.476. The Morgan fingerprint density at radius 2 is 1.65 bits per heavy atom. The molecular weight excluding hydrogens is 290 g/mol. The van der Waals surface area contributed by atoms with Crippen molar-refractivity contribution in [2.24, 2.45) is 0 Å². The molecular formula is C18H21N3O2. The summed E-state index contributed by atoms with van der Waals surface area (Å²) in [6, 6.07) is 17.0. The van der Waals surface area contributed by atoms with Crippen molar-refractivity contribution in [1.29, 1.82) is 0 Å². The number of para-hydroxylation sites is 1. The summed E-state index contributed by atoms with van der Waals surface area (Å²) in [4.78, 5) is 23.5. The number of anilines is 1. The molecule has 2 amide bonds. The quantitative estimate of drug-likeness (QED) is 0.764. The Kier molecular flexibility index (Phi) is 5.88. The number of benzene rings is 2. The van der Waals surface area contributed by atoms with Crippen LogP contribution in [-0.2, 0) is 9.59 Å². The van der Waals surface area contributed by atoms with Crippen molar-refractivity contribution in [1.82, 2.24) is 10.6 Å². The lowest BCUT2D eigenvalue weighted by atomic mass is 10.0. The van der Waals surface area contributed by atoms with Gasteiger partial charge in [-0.05, 0) is 18.6 Å². The molecule has 2 aromatic rings. The molecule has 3 N–H and O–H groups in total. The molecule has 5 heteroatoms. The number of carbonyl (C=O) groups excluding carboxylic acids is 2. The minimum absolute atomic E-state index is 0.103. The average molecular weight is 311 g/mol. The highest BCUT2D eigenvalue weighted by molar-refractivity contribution is 5.98. The number of carbonyl (C=O) groups is 2. The molecule has 0 heterocycles. The van der Waals surface area contributed by atoms with E-state index in [-0.39, 0.29) is 18.4 Å². The fourth-order valence-electron chi connectivity index (χ4n) is 2.13. The van der Waals surface area contributed by atoms with Gasteiger partial charge in [-0.15, -0.1) is 0 Å². The Hall–Kier alpha value is -2.66. The molecule has 0 aromatic heterocycles. The molecule has 0 aliphatic carbocycles. The summed E-state index contributed by atoms with van der Waals surface area (Å²) in [7, 11) is 1.56. The molecule has 0 radical (unpaired) electrons. The highest BCUT2D eigenvalue weighted by atomic mass is 16.2. The second kappa shape index (κ2) is 8.10. The van der Waals surface area contributed by atoms with Gasteiger partial charge in [-0.2, -0.15) is 0 Å². The van der Waals surface area contributed by atoms with Gasteiger partial charge in [0, 0.05) is 18.3 Å². The van der Waals surface area contributed by atoms with E-state index in [0.29, 0.717) is 0 Å². The second-order valence-corrected chi connectivity index (χ2v) is 5.18. The van der Waals surface area contributed by atoms with Crippen LogP contribution in [-0.4, -0.2) is 31.4 Å². The highest BCUT2D eigenvalue weighted by Crippen LogP contribution is 2.27. The SMILES string of the molecule is CNC(=O)CN[C@@H](C)C(=O)Nc1ccccc1-c1ccccc1. The maximum atomic E-state index is 12.3. The molecule has 2 rings (SSSR count). The number of nitrogens with one attached hydrogen (secondary N) is 3. The van der Waals surface area contributed by atoms with E-state index in [1.807, 2.05) is 54.6 Å². The molecule has 0 aliphatic rings. The van der Waals surface area contributed by atoms with Crippen LogP contribution >= 0.6 is 0 Å². The number of amides is 2. The first-order chi connectivity index (χ1) is 11.1. The van der Waals surface area contributed by atoms with Crippen molar-refractivity contribution in [3.05, 3.63) is 54.6 Å². The molecule has 5 nitrogen and oxygen atoms in total. The normalized spacial score (nSPS) is 11.6. The summed E-state index contributed by atoms with van der Waals surface area (Å²) in [6.45, 7) is 1.83. The van der Waals surface area contributed by atoms with E-state index in [1.165, 1.54) is 0 Å². The van der Waals surface area contributed by atoms with Crippen molar-refractivity contribution in [3.8, 4) is 11.1 Å². The van der Waals surface area contributed by atoms with Crippen LogP contribution in [0.15, 0.2) is 54.6 Å². The summed E-state index contributed by atoms with van der Waals surface area (Å²) in [5, 5.41) is 8.31. The summed E-state index contributed by atoms with van der Waals surface area (Å²) in [6.07, 6.45) is 0. The Morgan fingerprint density at radius 1 is 1.00 bits per heavy atom. The molecule has 0 saturated carbocycles. The molecule has 2 aromatic carbocycles. The lowest BCUT2D eigenvalue weighted by Gasteiger charge is -2.16. The van der Waals surface area contributed by atoms with Gasteiger partial charge in [0.1, 0.15) is 0 Å². The summed E-state index contributed by atoms with van der Waals surface area (Å²) < 4.78 is 0. The molecule has 1 atom stereocenters. The van der Waals surface area contributed by atoms with Crippen LogP contribution < -0.4 is 16.0 Å². The minimum Gasteiger partial charge on any atom is -0.358 e. The van der Waals surface area contributed by atoms with Crippen LogP contribution in [0.4, 0.5) is 5.69 Å². The Labute approximate surface area is 136 Å². The standard InChI is InChI=1S/C18H21N3O2/c1-13(20-12-17(22)19-2)18(23)21-16-11-7-6-10-15(16)14-8-4-3-5-9-14/h3-11,13,20H,12H2,1-2H3,(H,19,22)(H,21,23)/t13-/m0/s1. The van der Waals surface area contributed by atoms with Crippen molar-refractivity contribution < 1.29 is 9.59 Å². The monoisotopic (exact) mass is 311 g/mol. The van der Waals surface area contributed by atoms with Crippen molar-refractivity contribution >= 4 is 17.5 Å². The maximum Gasteiger partial charge on any atom is 0.241 e. The fraction of sp³-hybridized carbons (Fsp3) is 0.222. The first-order valence-corrected chi connectivity index (χ1v) is 7.51. The zero-order valence-electron chi connectivity index (χ0n) is 13.3. The molecule has 0 spiro atoms. The Morgan fingerprint density at radius 3 is 2.35 bits per heavy atom. The Balaban J connectivity index is 2.08. The largest absolute Gasteiger partial charge is 0.358 e. The lowest BCUT2D eigenvalue weighted by molar-refractivity contribution is -0.120. The third-order valence-corrected chi connectivity index (χ3v) is 3.51. The zero-order valence-corrected chi connectivity index (χ0v) is 13.3. The van der Waals surface area contributed by atoms with Crippen LogP contribution in [0, 0.1) is 0 Å². The van der Waals surface area contributed by atoms with E-state index in [1.54, 1.807) is 14.0 Å². The van der Waals surface area contributed by atoms with Crippen molar-refractivity contribution in [2.75, 3.05) is 18.9 Å². The smallest absolute Gasteiger partial charge is 0.241 e. The number of hydrogen-bond donors (Lipinski definition) is 3. The maximum absolute atomic E-state index is 12.3. The van der Waals surface area contributed by atoms with Gasteiger partial charge >= 0.3 is 0 Å². The molecule has 0 aliphatic heterocycles. The van der Waals surface area contributed by atoms with Gasteiger partial charge in [0.05, 0.1) is 12.6 Å². The van der Waals surface area contributed by atoms with Gasteiger partial charge in [0.2, 0.25) is 11.8 Å². The molecule has 23 heavy (non-hydrogen) atoms. The Bertz CT molecular complexity index is 671. The van der Waals surface area contributed by atoms with Crippen LogP contribution in [0.2, 0.25) is 0 Å². The zero-order chi connectivity index (χ0) is 16.7. The summed E-state index contributed by atoms with van der Waals surface area (Å²) in [5.41, 5.74) is 2.74. The van der Waals surface area contributed by atoms with Crippen LogP contribution in [0.5, 0.6) is 0 Å². The van der Waals surface area contributed by atoms with Crippen LogP contribution in [0.25, 0.3) is 11.1 Å². The van der Waals surface area contributed by atoms with Crippen LogP contribution in [0.1, 0.15) is 6.92 Å². The second-order valence-electron chi connectivity index (χ2n) is 5.18. The number of likely N-dealkylation sites (N-methyl/N-ethyl adjacent to an activating group) is 1. The van der Waals surface area contributed by atoms with Gasteiger partial charge in [0.15, 0.2) is 0 Å². The molecule has 0 unspecified atom stereocenters. The number of hydrogen-bond acceptors (Lipinski definition) is 3. The third-order valence-electron chi connectivity index (χ3n) is 3.51. The summed E-state index contributed by atoms with van der Waals surface area (Å²) >= 11 is 0. The van der Waals surface area contributed by atoms with Gasteiger partial charge in [-0.3, -0.25) is 14.9 Å². The third kappa shape index (κ3) is 4.66.